The van der Waals surface area contributed by atoms with E-state index in [1.54, 1.807) is 11.4 Å². The van der Waals surface area contributed by atoms with E-state index in [2.05, 4.69) is 5.32 Å². The van der Waals surface area contributed by atoms with Crippen LogP contribution in [0.15, 0.2) is 29.6 Å². The van der Waals surface area contributed by atoms with Crippen LogP contribution in [-0.2, 0) is 6.54 Å². The van der Waals surface area contributed by atoms with E-state index < -0.39 is 16.8 Å². The number of halogens is 2. The van der Waals surface area contributed by atoms with Crippen LogP contribution >= 0.6 is 22.9 Å². The summed E-state index contributed by atoms with van der Waals surface area (Å²) >= 11 is 6.62. The van der Waals surface area contributed by atoms with Crippen LogP contribution < -0.4 is 5.32 Å². The van der Waals surface area contributed by atoms with Gasteiger partial charge in [0, 0.05) is 24.5 Å². The number of rotatable bonds is 6. The van der Waals surface area contributed by atoms with Gasteiger partial charge in [-0.1, -0.05) is 29.0 Å². The van der Waals surface area contributed by atoms with E-state index in [1.807, 2.05) is 0 Å². The summed E-state index contributed by atoms with van der Waals surface area (Å²) in [6, 6.07) is 5.60. The number of aliphatic hydroxyl groups excluding tert-OH is 1. The number of aliphatic hydroxyl groups is 1. The molecule has 1 unspecified atom stereocenters. The number of thiophene rings is 1. The maximum Gasteiger partial charge on any atom is 0.324 e. The van der Waals surface area contributed by atoms with Crippen LogP contribution in [-0.4, -0.2) is 16.6 Å². The molecule has 5 nitrogen and oxygen atoms in total. The lowest BCUT2D eigenvalue weighted by molar-refractivity contribution is -0.380. The molecule has 2 aromatic rings. The minimum atomic E-state index is -0.884. The molecule has 0 fully saturated rings. The predicted octanol–water partition coefficient (Wildman–Crippen LogP) is 3.27. The Morgan fingerprint density at radius 3 is 2.86 bits per heavy atom. The molecular formula is C13H12ClFN2O3S. The van der Waals surface area contributed by atoms with Gasteiger partial charge in [0.25, 0.3) is 0 Å². The van der Waals surface area contributed by atoms with Crippen LogP contribution in [0.25, 0.3) is 0 Å². The molecule has 1 aromatic heterocycles. The van der Waals surface area contributed by atoms with Crippen molar-refractivity contribution in [3.05, 3.63) is 61.7 Å². The second-order valence-corrected chi connectivity index (χ2v) is 5.67. The third kappa shape index (κ3) is 4.21. The molecule has 2 N–H and O–H groups in total. The number of hydrogen-bond acceptors (Lipinski definition) is 5. The van der Waals surface area contributed by atoms with Gasteiger partial charge >= 0.3 is 5.00 Å². The largest absolute Gasteiger partial charge is 0.387 e. The van der Waals surface area contributed by atoms with Crippen molar-refractivity contribution in [3.63, 3.8) is 0 Å². The zero-order valence-corrected chi connectivity index (χ0v) is 12.3. The minimum Gasteiger partial charge on any atom is -0.387 e. The van der Waals surface area contributed by atoms with Crippen molar-refractivity contribution in [1.82, 2.24) is 5.32 Å². The maximum atomic E-state index is 13.3. The Hall–Kier alpha value is -1.54. The molecule has 112 valence electrons. The highest BCUT2D eigenvalue weighted by molar-refractivity contribution is 7.13. The molecule has 0 aliphatic carbocycles. The zero-order chi connectivity index (χ0) is 15.4. The van der Waals surface area contributed by atoms with Crippen molar-refractivity contribution >= 4 is 27.9 Å². The smallest absolute Gasteiger partial charge is 0.324 e. The van der Waals surface area contributed by atoms with Crippen molar-refractivity contribution < 1.29 is 14.4 Å². The minimum absolute atomic E-state index is 0.00416. The summed E-state index contributed by atoms with van der Waals surface area (Å²) in [4.78, 5) is 10.1. The fraction of sp³-hybridized carbons (Fsp3) is 0.231. The molecule has 0 bridgehead atoms. The molecular weight excluding hydrogens is 319 g/mol. The van der Waals surface area contributed by atoms with Crippen molar-refractivity contribution in [1.29, 1.82) is 0 Å². The number of nitrogens with one attached hydrogen (secondary N) is 1. The number of nitrogens with zero attached hydrogens (tertiary/aromatic N) is 1. The molecule has 1 heterocycles. The Morgan fingerprint density at radius 2 is 2.24 bits per heavy atom. The van der Waals surface area contributed by atoms with Gasteiger partial charge in [0.15, 0.2) is 0 Å². The van der Waals surface area contributed by atoms with Crippen LogP contribution in [0.3, 0.4) is 0 Å². The molecule has 0 radical (unpaired) electrons. The first kappa shape index (κ1) is 15.8. The molecule has 0 amide bonds. The molecule has 0 saturated carbocycles. The second-order valence-electron chi connectivity index (χ2n) is 4.37. The Kier molecular flexibility index (Phi) is 5.24. The van der Waals surface area contributed by atoms with Gasteiger partial charge in [-0.15, -0.1) is 0 Å². The lowest BCUT2D eigenvalue weighted by atomic mass is 10.1. The molecule has 21 heavy (non-hydrogen) atoms. The molecule has 0 saturated heterocycles. The first-order chi connectivity index (χ1) is 9.97. The highest BCUT2D eigenvalue weighted by atomic mass is 35.5. The lowest BCUT2D eigenvalue weighted by Gasteiger charge is -2.12. The Bertz CT molecular complexity index is 650. The summed E-state index contributed by atoms with van der Waals surface area (Å²) < 4.78 is 13.3. The Labute approximate surface area is 129 Å². The quantitative estimate of drug-likeness (QED) is 0.629. The molecule has 0 spiro atoms. The maximum absolute atomic E-state index is 13.3. The van der Waals surface area contributed by atoms with Gasteiger partial charge in [0.1, 0.15) is 5.82 Å². The van der Waals surface area contributed by atoms with E-state index in [4.69, 9.17) is 11.6 Å². The summed E-state index contributed by atoms with van der Waals surface area (Å²) in [5.41, 5.74) is 1.18. The first-order valence-corrected chi connectivity index (χ1v) is 7.28. The highest BCUT2D eigenvalue weighted by Crippen LogP contribution is 2.23. The number of benzene rings is 1. The molecule has 1 atom stereocenters. The van der Waals surface area contributed by atoms with Gasteiger partial charge in [-0.2, -0.15) is 0 Å². The molecule has 8 heteroatoms. The van der Waals surface area contributed by atoms with E-state index in [0.29, 0.717) is 12.1 Å². The van der Waals surface area contributed by atoms with Gasteiger partial charge in [-0.3, -0.25) is 10.1 Å². The van der Waals surface area contributed by atoms with Crippen molar-refractivity contribution in [2.75, 3.05) is 6.54 Å². The standard InChI is InChI=1S/C13H12ClFN2O3S/c14-10-2-1-9(4-11(10)15)12(18)6-16-5-8-3-13(17(19)20)21-7-8/h1-4,7,12,16,18H,5-6H2. The monoisotopic (exact) mass is 330 g/mol. The second kappa shape index (κ2) is 6.95. The molecule has 2 rings (SSSR count). The summed E-state index contributed by atoms with van der Waals surface area (Å²) in [5.74, 6) is -0.582. The summed E-state index contributed by atoms with van der Waals surface area (Å²) in [7, 11) is 0. The Balaban J connectivity index is 1.87. The highest BCUT2D eigenvalue weighted by Gasteiger charge is 2.12. The van der Waals surface area contributed by atoms with Gasteiger partial charge in [0.2, 0.25) is 0 Å². The van der Waals surface area contributed by atoms with E-state index >= 15 is 0 Å². The van der Waals surface area contributed by atoms with Crippen LogP contribution in [0.2, 0.25) is 5.02 Å². The van der Waals surface area contributed by atoms with Crippen molar-refractivity contribution in [3.8, 4) is 0 Å². The van der Waals surface area contributed by atoms with Gasteiger partial charge in [-0.25, -0.2) is 4.39 Å². The van der Waals surface area contributed by atoms with Gasteiger partial charge in [-0.05, 0) is 23.3 Å². The zero-order valence-electron chi connectivity index (χ0n) is 10.8. The van der Waals surface area contributed by atoms with E-state index in [9.17, 15) is 19.6 Å². The number of hydrogen-bond donors (Lipinski definition) is 2. The van der Waals surface area contributed by atoms with E-state index in [0.717, 1.165) is 16.9 Å². The van der Waals surface area contributed by atoms with Gasteiger partial charge < -0.3 is 10.4 Å². The average Bonchev–Trinajstić information content (AvgIpc) is 2.91. The normalized spacial score (nSPS) is 12.3. The van der Waals surface area contributed by atoms with Crippen LogP contribution in [0.4, 0.5) is 9.39 Å². The first-order valence-electron chi connectivity index (χ1n) is 6.03. The summed E-state index contributed by atoms with van der Waals surface area (Å²) in [6.07, 6.45) is -0.884. The third-order valence-electron chi connectivity index (χ3n) is 2.82. The van der Waals surface area contributed by atoms with E-state index in [1.165, 1.54) is 18.2 Å². The predicted molar refractivity (Wildman–Crippen MR) is 79.0 cm³/mol. The Morgan fingerprint density at radius 1 is 1.48 bits per heavy atom. The van der Waals surface area contributed by atoms with Crippen LogP contribution in [0.1, 0.15) is 17.2 Å². The number of nitro groups is 1. The SMILES string of the molecule is O=[N+]([O-])c1cc(CNCC(O)c2ccc(Cl)c(F)c2)cs1. The molecule has 0 aliphatic heterocycles. The summed E-state index contributed by atoms with van der Waals surface area (Å²) in [6.45, 7) is 0.586. The summed E-state index contributed by atoms with van der Waals surface area (Å²) in [5, 5.41) is 25.2. The third-order valence-corrected chi connectivity index (χ3v) is 4.05. The average molecular weight is 331 g/mol. The fourth-order valence-electron chi connectivity index (χ4n) is 1.74. The van der Waals surface area contributed by atoms with Crippen LogP contribution in [0, 0.1) is 15.9 Å². The molecule has 0 aliphatic rings. The lowest BCUT2D eigenvalue weighted by Crippen LogP contribution is -2.20. The van der Waals surface area contributed by atoms with Gasteiger partial charge in [0.05, 0.1) is 16.0 Å². The van der Waals surface area contributed by atoms with E-state index in [-0.39, 0.29) is 16.6 Å². The topological polar surface area (TPSA) is 75.4 Å². The fourth-order valence-corrected chi connectivity index (χ4v) is 2.59. The van der Waals surface area contributed by atoms with Crippen LogP contribution in [0.5, 0.6) is 0 Å². The molecule has 1 aromatic carbocycles. The van der Waals surface area contributed by atoms with Crippen molar-refractivity contribution in [2.24, 2.45) is 0 Å². The van der Waals surface area contributed by atoms with Crippen molar-refractivity contribution in [2.45, 2.75) is 12.6 Å².